The van der Waals surface area contributed by atoms with Crippen molar-refractivity contribution in [2.75, 3.05) is 12.4 Å². The van der Waals surface area contributed by atoms with Gasteiger partial charge in [0.25, 0.3) is 0 Å². The fourth-order valence-electron chi connectivity index (χ4n) is 1.47. The van der Waals surface area contributed by atoms with E-state index in [0.717, 1.165) is 17.5 Å². The van der Waals surface area contributed by atoms with Gasteiger partial charge in [-0.2, -0.15) is 0 Å². The maximum atomic E-state index is 6.10. The van der Waals surface area contributed by atoms with Crippen LogP contribution in [0.5, 0.6) is 5.75 Å². The van der Waals surface area contributed by atoms with Crippen molar-refractivity contribution >= 4 is 27.5 Å². The third-order valence-electron chi connectivity index (χ3n) is 2.65. The topological polar surface area (TPSA) is 9.23 Å². The van der Waals surface area contributed by atoms with Crippen molar-refractivity contribution in [1.82, 2.24) is 0 Å². The molecule has 0 fully saturated rings. The van der Waals surface area contributed by atoms with Gasteiger partial charge < -0.3 is 4.74 Å². The zero-order chi connectivity index (χ0) is 11.5. The summed E-state index contributed by atoms with van der Waals surface area (Å²) in [7, 11) is 1.63. The molecule has 0 bridgehead atoms. The van der Waals surface area contributed by atoms with E-state index in [2.05, 4.69) is 35.8 Å². The first kappa shape index (κ1) is 12.9. The van der Waals surface area contributed by atoms with Crippen LogP contribution in [0.4, 0.5) is 0 Å². The molecule has 0 atom stereocenters. The normalized spacial score (nSPS) is 11.5. The van der Waals surface area contributed by atoms with Gasteiger partial charge in [-0.05, 0) is 29.5 Å². The van der Waals surface area contributed by atoms with Crippen molar-refractivity contribution in [3.05, 3.63) is 28.8 Å². The maximum absolute atomic E-state index is 6.10. The van der Waals surface area contributed by atoms with Gasteiger partial charge in [0.1, 0.15) is 5.75 Å². The standard InChI is InChI=1S/C12H16BrClO/c1-12(2,6-7-13)9-4-5-11(15-3)10(14)8-9/h4-5,8H,6-7H2,1-3H3. The Morgan fingerprint density at radius 3 is 2.53 bits per heavy atom. The minimum atomic E-state index is 0.138. The van der Waals surface area contributed by atoms with Crippen LogP contribution in [0.25, 0.3) is 0 Å². The lowest BCUT2D eigenvalue weighted by atomic mass is 9.82. The molecule has 1 rings (SSSR count). The fraction of sp³-hybridized carbons (Fsp3) is 0.500. The summed E-state index contributed by atoms with van der Waals surface area (Å²) in [5, 5.41) is 1.67. The van der Waals surface area contributed by atoms with Crippen LogP contribution in [0, 0.1) is 0 Å². The van der Waals surface area contributed by atoms with Crippen molar-refractivity contribution in [2.24, 2.45) is 0 Å². The monoisotopic (exact) mass is 290 g/mol. The Bertz CT molecular complexity index is 336. The van der Waals surface area contributed by atoms with Crippen LogP contribution >= 0.6 is 27.5 Å². The van der Waals surface area contributed by atoms with Crippen LogP contribution in [0.15, 0.2) is 18.2 Å². The van der Waals surface area contributed by atoms with Gasteiger partial charge in [0, 0.05) is 5.33 Å². The van der Waals surface area contributed by atoms with E-state index < -0.39 is 0 Å². The summed E-state index contributed by atoms with van der Waals surface area (Å²) >= 11 is 9.57. The fourth-order valence-corrected chi connectivity index (χ4v) is 2.72. The van der Waals surface area contributed by atoms with E-state index in [4.69, 9.17) is 16.3 Å². The van der Waals surface area contributed by atoms with Crippen molar-refractivity contribution in [1.29, 1.82) is 0 Å². The number of rotatable bonds is 4. The largest absolute Gasteiger partial charge is 0.495 e. The quantitative estimate of drug-likeness (QED) is 0.747. The molecule has 1 aromatic rings. The molecule has 0 heterocycles. The van der Waals surface area contributed by atoms with Gasteiger partial charge in [-0.15, -0.1) is 0 Å². The van der Waals surface area contributed by atoms with Crippen LogP contribution in [-0.4, -0.2) is 12.4 Å². The number of hydrogen-bond acceptors (Lipinski definition) is 1. The first-order valence-corrected chi connectivity index (χ1v) is 6.41. The zero-order valence-corrected chi connectivity index (χ0v) is 11.7. The van der Waals surface area contributed by atoms with Crippen LogP contribution in [0.2, 0.25) is 5.02 Å². The highest BCUT2D eigenvalue weighted by Crippen LogP contribution is 2.33. The van der Waals surface area contributed by atoms with Gasteiger partial charge in [0.2, 0.25) is 0 Å². The lowest BCUT2D eigenvalue weighted by molar-refractivity contribution is 0.414. The van der Waals surface area contributed by atoms with E-state index >= 15 is 0 Å². The molecule has 0 saturated heterocycles. The van der Waals surface area contributed by atoms with E-state index in [0.29, 0.717) is 5.02 Å². The van der Waals surface area contributed by atoms with Crippen molar-refractivity contribution in [2.45, 2.75) is 25.7 Å². The minimum Gasteiger partial charge on any atom is -0.495 e. The lowest BCUT2D eigenvalue weighted by Gasteiger charge is -2.24. The average Bonchev–Trinajstić information content (AvgIpc) is 2.17. The highest BCUT2D eigenvalue weighted by Gasteiger charge is 2.20. The van der Waals surface area contributed by atoms with Crippen LogP contribution in [0.3, 0.4) is 0 Å². The molecule has 0 aliphatic carbocycles. The number of ether oxygens (including phenoxy) is 1. The molecule has 1 nitrogen and oxygen atoms in total. The molecule has 0 spiro atoms. The highest BCUT2D eigenvalue weighted by molar-refractivity contribution is 9.09. The molecule has 84 valence electrons. The molecular formula is C12H16BrClO. The Labute approximate surface area is 105 Å². The Balaban J connectivity index is 3.01. The summed E-state index contributed by atoms with van der Waals surface area (Å²) in [4.78, 5) is 0. The number of methoxy groups -OCH3 is 1. The van der Waals surface area contributed by atoms with Crippen molar-refractivity contribution in [3.8, 4) is 5.75 Å². The first-order chi connectivity index (χ1) is 7.01. The first-order valence-electron chi connectivity index (χ1n) is 4.91. The van der Waals surface area contributed by atoms with E-state index in [9.17, 15) is 0 Å². The molecule has 0 radical (unpaired) electrons. The van der Waals surface area contributed by atoms with Gasteiger partial charge in [-0.3, -0.25) is 0 Å². The third-order valence-corrected chi connectivity index (χ3v) is 3.34. The van der Waals surface area contributed by atoms with E-state index in [-0.39, 0.29) is 5.41 Å². The predicted octanol–water partition coefficient (Wildman–Crippen LogP) is 4.41. The summed E-state index contributed by atoms with van der Waals surface area (Å²) in [5.41, 5.74) is 1.38. The zero-order valence-electron chi connectivity index (χ0n) is 9.31. The van der Waals surface area contributed by atoms with E-state index in [1.54, 1.807) is 7.11 Å². The molecule has 1 aromatic carbocycles. The number of alkyl halides is 1. The molecule has 0 unspecified atom stereocenters. The Morgan fingerprint density at radius 1 is 1.40 bits per heavy atom. The summed E-state index contributed by atoms with van der Waals surface area (Å²) < 4.78 is 5.13. The second kappa shape index (κ2) is 5.22. The second-order valence-electron chi connectivity index (χ2n) is 4.17. The smallest absolute Gasteiger partial charge is 0.137 e. The summed E-state index contributed by atoms with van der Waals surface area (Å²) in [6.07, 6.45) is 1.08. The summed E-state index contributed by atoms with van der Waals surface area (Å²) in [6, 6.07) is 5.99. The maximum Gasteiger partial charge on any atom is 0.137 e. The summed E-state index contributed by atoms with van der Waals surface area (Å²) in [6.45, 7) is 4.43. The average molecular weight is 292 g/mol. The van der Waals surface area contributed by atoms with Crippen molar-refractivity contribution < 1.29 is 4.74 Å². The van der Waals surface area contributed by atoms with Gasteiger partial charge in [-0.1, -0.05) is 47.4 Å². The SMILES string of the molecule is COc1ccc(C(C)(C)CCBr)cc1Cl. The van der Waals surface area contributed by atoms with Gasteiger partial charge in [0.05, 0.1) is 12.1 Å². The molecule has 0 aliphatic heterocycles. The van der Waals surface area contributed by atoms with Gasteiger partial charge in [-0.25, -0.2) is 0 Å². The van der Waals surface area contributed by atoms with Gasteiger partial charge >= 0.3 is 0 Å². The molecular weight excluding hydrogens is 275 g/mol. The Hall–Kier alpha value is -0.210. The molecule has 0 amide bonds. The van der Waals surface area contributed by atoms with Crippen LogP contribution < -0.4 is 4.74 Å². The molecule has 0 saturated carbocycles. The Morgan fingerprint density at radius 2 is 2.07 bits per heavy atom. The van der Waals surface area contributed by atoms with E-state index in [1.807, 2.05) is 12.1 Å². The molecule has 0 N–H and O–H groups in total. The molecule has 15 heavy (non-hydrogen) atoms. The van der Waals surface area contributed by atoms with Crippen molar-refractivity contribution in [3.63, 3.8) is 0 Å². The van der Waals surface area contributed by atoms with Crippen LogP contribution in [0.1, 0.15) is 25.8 Å². The third kappa shape index (κ3) is 3.12. The number of hydrogen-bond donors (Lipinski definition) is 0. The van der Waals surface area contributed by atoms with Crippen LogP contribution in [-0.2, 0) is 5.41 Å². The molecule has 0 aromatic heterocycles. The predicted molar refractivity (Wildman–Crippen MR) is 69.4 cm³/mol. The minimum absolute atomic E-state index is 0.138. The summed E-state index contributed by atoms with van der Waals surface area (Å²) in [5.74, 6) is 0.732. The highest BCUT2D eigenvalue weighted by atomic mass is 79.9. The lowest BCUT2D eigenvalue weighted by Crippen LogP contribution is -2.17. The number of halogens is 2. The van der Waals surface area contributed by atoms with Gasteiger partial charge in [0.15, 0.2) is 0 Å². The molecule has 3 heteroatoms. The van der Waals surface area contributed by atoms with E-state index in [1.165, 1.54) is 5.56 Å². The second-order valence-corrected chi connectivity index (χ2v) is 5.37. The number of benzene rings is 1. The molecule has 0 aliphatic rings. The Kier molecular flexibility index (Phi) is 4.47.